The average molecular weight is 311 g/mol. The van der Waals surface area contributed by atoms with Crippen LogP contribution >= 0.6 is 0 Å². The summed E-state index contributed by atoms with van der Waals surface area (Å²) in [4.78, 5) is 4.31. The van der Waals surface area contributed by atoms with E-state index >= 15 is 0 Å². The maximum absolute atomic E-state index is 4.31. The van der Waals surface area contributed by atoms with Gasteiger partial charge in [-0.2, -0.15) is 0 Å². The average Bonchev–Trinajstić information content (AvgIpc) is 2.58. The molecule has 0 N–H and O–H groups in total. The van der Waals surface area contributed by atoms with E-state index < -0.39 is 0 Å². The van der Waals surface area contributed by atoms with Crippen LogP contribution in [0, 0.1) is 13.8 Å². The smallest absolute Gasteiger partial charge is 0.0306 e. The Kier molecular flexibility index (Phi) is 2.94. The van der Waals surface area contributed by atoms with E-state index in [4.69, 9.17) is 0 Å². The van der Waals surface area contributed by atoms with Crippen molar-refractivity contribution in [2.45, 2.75) is 39.5 Å². The fraction of sp³-hybridized carbons (Fsp3) is 0.261. The molecule has 0 unspecified atom stereocenters. The Morgan fingerprint density at radius 2 is 1.04 bits per heavy atom. The van der Waals surface area contributed by atoms with Gasteiger partial charge in [0.2, 0.25) is 0 Å². The lowest BCUT2D eigenvalue weighted by atomic mass is 9.79. The highest BCUT2D eigenvalue weighted by molar-refractivity contribution is 5.54. The van der Waals surface area contributed by atoms with E-state index in [1.165, 1.54) is 55.6 Å². The van der Waals surface area contributed by atoms with Crippen molar-refractivity contribution in [2.24, 2.45) is 0 Å². The van der Waals surface area contributed by atoms with Crippen molar-refractivity contribution in [3.8, 4) is 0 Å². The van der Waals surface area contributed by atoms with Crippen molar-refractivity contribution in [1.29, 1.82) is 0 Å². The van der Waals surface area contributed by atoms with Gasteiger partial charge >= 0.3 is 0 Å². The Morgan fingerprint density at radius 1 is 0.583 bits per heavy atom. The van der Waals surface area contributed by atoms with E-state index in [1.807, 2.05) is 12.4 Å². The van der Waals surface area contributed by atoms with Crippen LogP contribution in [0.3, 0.4) is 0 Å². The summed E-state index contributed by atoms with van der Waals surface area (Å²) < 4.78 is 0. The van der Waals surface area contributed by atoms with Crippen LogP contribution < -0.4 is 0 Å². The molecule has 1 heteroatoms. The quantitative estimate of drug-likeness (QED) is 0.404. The largest absolute Gasteiger partial charge is 0.264 e. The molecule has 0 bridgehead atoms. The lowest BCUT2D eigenvalue weighted by molar-refractivity contribution is 0.934. The minimum absolute atomic E-state index is 1.03. The molecular weight excluding hydrogens is 290 g/mol. The molecule has 2 aromatic carbocycles. The van der Waals surface area contributed by atoms with Crippen molar-refractivity contribution >= 4 is 0 Å². The van der Waals surface area contributed by atoms with Gasteiger partial charge in [-0.1, -0.05) is 24.3 Å². The molecule has 0 radical (unpaired) electrons. The van der Waals surface area contributed by atoms with Gasteiger partial charge in [0.15, 0.2) is 0 Å². The zero-order valence-corrected chi connectivity index (χ0v) is 14.3. The maximum atomic E-state index is 4.31. The van der Waals surface area contributed by atoms with Crippen LogP contribution in [0.5, 0.6) is 0 Å². The Hall–Kier alpha value is -2.41. The molecule has 0 aliphatic heterocycles. The van der Waals surface area contributed by atoms with Crippen molar-refractivity contribution in [3.05, 3.63) is 98.4 Å². The molecule has 0 spiro atoms. The van der Waals surface area contributed by atoms with Gasteiger partial charge in [-0.25, -0.2) is 0 Å². The number of aryl methyl sites for hydroxylation is 2. The zero-order valence-electron chi connectivity index (χ0n) is 14.3. The number of rotatable bonds is 0. The summed E-state index contributed by atoms with van der Waals surface area (Å²) in [7, 11) is 0. The third-order valence-corrected chi connectivity index (χ3v) is 5.87. The highest BCUT2D eigenvalue weighted by Crippen LogP contribution is 2.34. The van der Waals surface area contributed by atoms with Crippen LogP contribution in [0.2, 0.25) is 0 Å². The molecule has 0 amide bonds. The van der Waals surface area contributed by atoms with Crippen LogP contribution in [0.4, 0.5) is 0 Å². The Bertz CT molecular complexity index is 903. The number of benzene rings is 2. The topological polar surface area (TPSA) is 12.9 Å². The summed E-state index contributed by atoms with van der Waals surface area (Å²) in [6.45, 7) is 4.45. The molecule has 0 fully saturated rings. The van der Waals surface area contributed by atoms with Crippen molar-refractivity contribution in [3.63, 3.8) is 0 Å². The summed E-state index contributed by atoms with van der Waals surface area (Å²) in [5.74, 6) is 0. The van der Waals surface area contributed by atoms with Crippen LogP contribution in [-0.2, 0) is 25.7 Å². The first kappa shape index (κ1) is 14.0. The number of nitrogens with zero attached hydrogens (tertiary/aromatic N) is 1. The van der Waals surface area contributed by atoms with E-state index in [-0.39, 0.29) is 0 Å². The van der Waals surface area contributed by atoms with Crippen LogP contribution in [0.1, 0.15) is 55.6 Å². The minimum Gasteiger partial charge on any atom is -0.264 e. The second kappa shape index (κ2) is 5.04. The zero-order chi connectivity index (χ0) is 16.3. The number of aromatic nitrogens is 1. The molecule has 118 valence electrons. The SMILES string of the molecule is Cc1cc2c(cc1C)Cc1cc3c(cc1C2)Cc1ccncc1C3. The fourth-order valence-electron chi connectivity index (χ4n) is 4.32. The molecular formula is C23H21N. The minimum atomic E-state index is 1.03. The third kappa shape index (κ3) is 2.11. The number of pyridine rings is 1. The van der Waals surface area contributed by atoms with Gasteiger partial charge in [0, 0.05) is 12.4 Å². The highest BCUT2D eigenvalue weighted by Gasteiger charge is 2.21. The second-order valence-corrected chi connectivity index (χ2v) is 7.45. The molecule has 1 heterocycles. The summed E-state index contributed by atoms with van der Waals surface area (Å²) in [5, 5.41) is 0. The van der Waals surface area contributed by atoms with Crippen LogP contribution in [0.15, 0.2) is 42.7 Å². The van der Waals surface area contributed by atoms with E-state index in [0.717, 1.165) is 25.7 Å². The predicted molar refractivity (Wildman–Crippen MR) is 97.8 cm³/mol. The van der Waals surface area contributed by atoms with Crippen molar-refractivity contribution in [1.82, 2.24) is 4.98 Å². The second-order valence-electron chi connectivity index (χ2n) is 7.45. The molecule has 0 saturated carbocycles. The summed E-state index contributed by atoms with van der Waals surface area (Å²) >= 11 is 0. The van der Waals surface area contributed by atoms with E-state index in [2.05, 4.69) is 49.2 Å². The summed E-state index contributed by atoms with van der Waals surface area (Å²) in [6.07, 6.45) is 8.22. The summed E-state index contributed by atoms with van der Waals surface area (Å²) in [5.41, 5.74) is 14.8. The maximum Gasteiger partial charge on any atom is 0.0306 e. The third-order valence-electron chi connectivity index (χ3n) is 5.87. The van der Waals surface area contributed by atoms with Crippen LogP contribution in [0.25, 0.3) is 0 Å². The molecule has 1 nitrogen and oxygen atoms in total. The normalized spacial score (nSPS) is 14.4. The lowest BCUT2D eigenvalue weighted by Crippen LogP contribution is -2.14. The van der Waals surface area contributed by atoms with Gasteiger partial charge < -0.3 is 0 Å². The Labute approximate surface area is 143 Å². The molecule has 24 heavy (non-hydrogen) atoms. The number of fused-ring (bicyclic) bond motifs is 4. The monoisotopic (exact) mass is 311 g/mol. The van der Waals surface area contributed by atoms with Gasteiger partial charge in [-0.3, -0.25) is 4.98 Å². The first-order chi connectivity index (χ1) is 11.7. The summed E-state index contributed by atoms with van der Waals surface area (Å²) in [6, 6.07) is 11.9. The van der Waals surface area contributed by atoms with E-state index in [1.54, 1.807) is 0 Å². The fourth-order valence-corrected chi connectivity index (χ4v) is 4.32. The van der Waals surface area contributed by atoms with Gasteiger partial charge in [-0.05, 0) is 101 Å². The van der Waals surface area contributed by atoms with Crippen molar-refractivity contribution in [2.75, 3.05) is 0 Å². The van der Waals surface area contributed by atoms with Gasteiger partial charge in [0.25, 0.3) is 0 Å². The standard InChI is InChI=1S/C23H21N/c1-14-5-17-8-20-10-19-7-16-3-4-24-13-23(16)12-22(19)11-21(20)9-18(17)6-15(14)2/h3-6,10-11,13H,7-9,12H2,1-2H3. The molecule has 2 aliphatic rings. The number of hydrogen-bond donors (Lipinski definition) is 0. The first-order valence-corrected chi connectivity index (χ1v) is 8.81. The molecule has 1 aromatic heterocycles. The molecule has 5 rings (SSSR count). The van der Waals surface area contributed by atoms with Crippen LogP contribution in [-0.4, -0.2) is 4.98 Å². The van der Waals surface area contributed by atoms with E-state index in [9.17, 15) is 0 Å². The molecule has 0 saturated heterocycles. The van der Waals surface area contributed by atoms with E-state index in [0.29, 0.717) is 0 Å². The Balaban J connectivity index is 1.58. The highest BCUT2D eigenvalue weighted by atomic mass is 14.6. The predicted octanol–water partition coefficient (Wildman–Crippen LogP) is 4.69. The first-order valence-electron chi connectivity index (χ1n) is 8.81. The molecule has 3 aromatic rings. The molecule has 2 aliphatic carbocycles. The van der Waals surface area contributed by atoms with Gasteiger partial charge in [-0.15, -0.1) is 0 Å². The molecule has 0 atom stereocenters. The van der Waals surface area contributed by atoms with Gasteiger partial charge in [0.05, 0.1) is 0 Å². The number of hydrogen-bond acceptors (Lipinski definition) is 1. The Morgan fingerprint density at radius 3 is 1.62 bits per heavy atom. The van der Waals surface area contributed by atoms with Gasteiger partial charge in [0.1, 0.15) is 0 Å². The lowest BCUT2D eigenvalue weighted by Gasteiger charge is -2.26. The van der Waals surface area contributed by atoms with Crippen molar-refractivity contribution < 1.29 is 0 Å².